The zero-order chi connectivity index (χ0) is 12.8. The van der Waals surface area contributed by atoms with Crippen LogP contribution in [0, 0.1) is 0 Å². The first-order valence-corrected chi connectivity index (χ1v) is 6.83. The largest absolute Gasteiger partial charge is 1.00 e. The molecule has 0 radical (unpaired) electrons. The molecule has 0 aliphatic carbocycles. The van der Waals surface area contributed by atoms with E-state index in [2.05, 4.69) is 71.9 Å². The first-order valence-electron chi connectivity index (χ1n) is 6.83. The second-order valence-electron chi connectivity index (χ2n) is 4.60. The summed E-state index contributed by atoms with van der Waals surface area (Å²) < 4.78 is 4.55. The van der Waals surface area contributed by atoms with Crippen LogP contribution in [0.3, 0.4) is 0 Å². The molecule has 0 unspecified atom stereocenters. The highest BCUT2D eigenvalue weighted by molar-refractivity contribution is 5.54. The summed E-state index contributed by atoms with van der Waals surface area (Å²) in [5, 5.41) is 0. The van der Waals surface area contributed by atoms with Crippen molar-refractivity contribution in [2.45, 2.75) is 39.8 Å². The van der Waals surface area contributed by atoms with E-state index in [1.807, 2.05) is 0 Å². The molecule has 2 nitrogen and oxygen atoms in total. The molecule has 4 heteroatoms. The van der Waals surface area contributed by atoms with Crippen LogP contribution in [0.25, 0.3) is 11.3 Å². The van der Waals surface area contributed by atoms with E-state index in [0.717, 1.165) is 19.5 Å². The van der Waals surface area contributed by atoms with Crippen molar-refractivity contribution >= 4 is 0 Å². The monoisotopic (exact) mass is 496 g/mol. The molecule has 2 aromatic rings. The zero-order valence-electron chi connectivity index (χ0n) is 12.1. The minimum atomic E-state index is 0. The molecule has 2 heterocycles. The molecule has 0 N–H and O–H groups in total. The van der Waals surface area contributed by atoms with Crippen LogP contribution in [-0.2, 0) is 13.1 Å². The van der Waals surface area contributed by atoms with Crippen molar-refractivity contribution < 1.29 is 57.1 Å². The van der Waals surface area contributed by atoms with Crippen LogP contribution in [0.1, 0.15) is 26.7 Å². The number of hydrogen-bond acceptors (Lipinski definition) is 0. The molecule has 0 aliphatic rings. The van der Waals surface area contributed by atoms with E-state index in [1.54, 1.807) is 0 Å². The van der Waals surface area contributed by atoms with Gasteiger partial charge in [0.25, 0.3) is 0 Å². The van der Waals surface area contributed by atoms with Crippen molar-refractivity contribution in [1.82, 2.24) is 0 Å². The van der Waals surface area contributed by atoms with Gasteiger partial charge in [-0.1, -0.05) is 13.8 Å². The number of hydrogen-bond donors (Lipinski definition) is 0. The maximum absolute atomic E-state index is 2.32. The van der Waals surface area contributed by atoms with Gasteiger partial charge >= 0.3 is 0 Å². The minimum Gasteiger partial charge on any atom is -1.00 e. The predicted octanol–water partition coefficient (Wildman–Crippen LogP) is -3.24. The third-order valence-corrected chi connectivity index (χ3v) is 3.07. The van der Waals surface area contributed by atoms with Gasteiger partial charge in [0, 0.05) is 37.1 Å². The lowest BCUT2D eigenvalue weighted by Gasteiger charge is -2.02. The van der Waals surface area contributed by atoms with Gasteiger partial charge in [0.2, 0.25) is 5.69 Å². The summed E-state index contributed by atoms with van der Waals surface area (Å²) in [5.74, 6) is 0. The van der Waals surface area contributed by atoms with Gasteiger partial charge in [0.15, 0.2) is 18.6 Å². The van der Waals surface area contributed by atoms with Gasteiger partial charge in [-0.2, -0.15) is 4.57 Å². The van der Waals surface area contributed by atoms with E-state index in [0.29, 0.717) is 0 Å². The van der Waals surface area contributed by atoms with E-state index in [1.165, 1.54) is 17.7 Å². The van der Waals surface area contributed by atoms with Crippen LogP contribution in [0.5, 0.6) is 0 Å². The average molecular weight is 496 g/mol. The van der Waals surface area contributed by atoms with Crippen LogP contribution >= 0.6 is 0 Å². The van der Waals surface area contributed by atoms with E-state index >= 15 is 0 Å². The summed E-state index contributed by atoms with van der Waals surface area (Å²) in [6.07, 6.45) is 8.83. The number of nitrogens with zero attached hydrogens (tertiary/aromatic N) is 2. The van der Waals surface area contributed by atoms with Gasteiger partial charge in [-0.25, -0.2) is 4.57 Å². The third-order valence-electron chi connectivity index (χ3n) is 3.07. The summed E-state index contributed by atoms with van der Waals surface area (Å²) in [6, 6.07) is 10.8. The maximum Gasteiger partial charge on any atom is 0.212 e. The van der Waals surface area contributed by atoms with Crippen LogP contribution in [-0.4, -0.2) is 0 Å². The molecule has 0 bridgehead atoms. The molecule has 0 saturated carbocycles. The highest BCUT2D eigenvalue weighted by Crippen LogP contribution is 2.12. The van der Waals surface area contributed by atoms with Crippen molar-refractivity contribution in [3.63, 3.8) is 0 Å². The Hall–Kier alpha value is -0.240. The molecule has 0 aliphatic heterocycles. The summed E-state index contributed by atoms with van der Waals surface area (Å²) in [4.78, 5) is 0. The number of halogens is 2. The Morgan fingerprint density at radius 3 is 2.05 bits per heavy atom. The summed E-state index contributed by atoms with van der Waals surface area (Å²) >= 11 is 0. The van der Waals surface area contributed by atoms with Crippen LogP contribution in [0.2, 0.25) is 0 Å². The van der Waals surface area contributed by atoms with Crippen molar-refractivity contribution in [1.29, 1.82) is 0 Å². The fourth-order valence-electron chi connectivity index (χ4n) is 2.21. The zero-order valence-corrected chi connectivity index (χ0v) is 16.4. The lowest BCUT2D eigenvalue weighted by molar-refractivity contribution is -0.697. The highest BCUT2D eigenvalue weighted by Gasteiger charge is 2.12. The molecule has 0 spiro atoms. The second kappa shape index (κ2) is 10.5. The quantitative estimate of drug-likeness (QED) is 0.304. The Labute approximate surface area is 156 Å². The van der Waals surface area contributed by atoms with Gasteiger partial charge in [-0.3, -0.25) is 0 Å². The van der Waals surface area contributed by atoms with Crippen molar-refractivity contribution in [2.75, 3.05) is 0 Å². The molecule has 0 atom stereocenters. The van der Waals surface area contributed by atoms with E-state index in [-0.39, 0.29) is 48.0 Å². The number of aromatic nitrogens is 2. The van der Waals surface area contributed by atoms with E-state index in [4.69, 9.17) is 0 Å². The molecule has 0 fully saturated rings. The van der Waals surface area contributed by atoms with Crippen LogP contribution in [0.4, 0.5) is 0 Å². The van der Waals surface area contributed by atoms with Gasteiger partial charge in [-0.05, 0) is 6.07 Å². The van der Waals surface area contributed by atoms with E-state index in [9.17, 15) is 0 Å². The molecule has 2 rings (SSSR count). The minimum absolute atomic E-state index is 0. The van der Waals surface area contributed by atoms with E-state index < -0.39 is 0 Å². The van der Waals surface area contributed by atoms with Gasteiger partial charge in [0.1, 0.15) is 13.1 Å². The molecule has 0 saturated heterocycles. The number of pyridine rings is 2. The highest BCUT2D eigenvalue weighted by atomic mass is 127. The van der Waals surface area contributed by atoms with Crippen LogP contribution in [0.15, 0.2) is 48.9 Å². The normalized spacial score (nSPS) is 9.50. The summed E-state index contributed by atoms with van der Waals surface area (Å²) in [6.45, 7) is 6.57. The van der Waals surface area contributed by atoms with Gasteiger partial charge < -0.3 is 48.0 Å². The summed E-state index contributed by atoms with van der Waals surface area (Å²) in [7, 11) is 0. The van der Waals surface area contributed by atoms with Crippen molar-refractivity contribution in [3.8, 4) is 11.3 Å². The number of rotatable bonds is 5. The smallest absolute Gasteiger partial charge is 0.212 e. The molecule has 110 valence electrons. The van der Waals surface area contributed by atoms with Crippen molar-refractivity contribution in [2.24, 2.45) is 0 Å². The topological polar surface area (TPSA) is 7.76 Å². The Morgan fingerprint density at radius 2 is 1.45 bits per heavy atom. The third kappa shape index (κ3) is 5.27. The fraction of sp³-hybridized carbons (Fsp3) is 0.375. The first kappa shape index (κ1) is 19.8. The first-order chi connectivity index (χ1) is 8.85. The molecular formula is C16H22I2N2. The van der Waals surface area contributed by atoms with Gasteiger partial charge in [0.05, 0.1) is 5.56 Å². The van der Waals surface area contributed by atoms with Crippen LogP contribution < -0.4 is 57.1 Å². The Kier molecular flexibility index (Phi) is 10.4. The SMILES string of the molecule is CCC[n+]1ccc(-c2cccc[n+]2CCC)cc1.[I-].[I-]. The molecule has 20 heavy (non-hydrogen) atoms. The van der Waals surface area contributed by atoms with Crippen molar-refractivity contribution in [3.05, 3.63) is 48.9 Å². The molecule has 2 aromatic heterocycles. The Balaban J connectivity index is 0.00000180. The summed E-state index contributed by atoms with van der Waals surface area (Å²) in [5.41, 5.74) is 2.58. The lowest BCUT2D eigenvalue weighted by atomic mass is 10.1. The molecule has 0 amide bonds. The molecular weight excluding hydrogens is 474 g/mol. The van der Waals surface area contributed by atoms with Gasteiger partial charge in [-0.15, -0.1) is 0 Å². The standard InChI is InChI=1S/C16H22N2.2HI/c1-3-10-17-13-8-15(9-14-17)16-7-5-6-12-18(16)11-4-2;;/h5-9,12-14H,3-4,10-11H2,1-2H3;2*1H/q+2;;/p-2. The second-order valence-corrected chi connectivity index (χ2v) is 4.60. The predicted molar refractivity (Wildman–Crippen MR) is 72.9 cm³/mol. The Bertz CT molecular complexity index is 498. The lowest BCUT2D eigenvalue weighted by Crippen LogP contribution is -3.00. The maximum atomic E-state index is 2.32. The average Bonchev–Trinajstić information content (AvgIpc) is 2.41. The number of aryl methyl sites for hydroxylation is 2. The fourth-order valence-corrected chi connectivity index (χ4v) is 2.21. The Morgan fingerprint density at radius 1 is 0.800 bits per heavy atom. The molecule has 0 aromatic carbocycles.